The highest BCUT2D eigenvalue weighted by atomic mass is 15.1. The number of pyridine rings is 1. The molecule has 2 aromatic rings. The third kappa shape index (κ3) is 2.15. The van der Waals surface area contributed by atoms with Crippen LogP contribution in [0.25, 0.3) is 0 Å². The zero-order valence-electron chi connectivity index (χ0n) is 8.72. The van der Waals surface area contributed by atoms with Gasteiger partial charge in [-0.05, 0) is 18.1 Å². The quantitative estimate of drug-likeness (QED) is 0.820. The van der Waals surface area contributed by atoms with E-state index in [1.54, 1.807) is 6.20 Å². The fourth-order valence-electron chi connectivity index (χ4n) is 1.41. The molecule has 0 atom stereocenters. The SMILES string of the molecule is CCc1ccc(Cn2ccnc2N)nc1. The molecule has 0 aliphatic carbocycles. The molecular formula is C11H14N4. The van der Waals surface area contributed by atoms with Crippen molar-refractivity contribution >= 4 is 5.95 Å². The topological polar surface area (TPSA) is 56.7 Å². The normalized spacial score (nSPS) is 10.5. The van der Waals surface area contributed by atoms with E-state index in [1.807, 2.05) is 23.0 Å². The summed E-state index contributed by atoms with van der Waals surface area (Å²) in [6.45, 7) is 2.79. The minimum Gasteiger partial charge on any atom is -0.369 e. The van der Waals surface area contributed by atoms with Crippen LogP contribution in [0.5, 0.6) is 0 Å². The summed E-state index contributed by atoms with van der Waals surface area (Å²) in [7, 11) is 0. The van der Waals surface area contributed by atoms with Crippen molar-refractivity contribution in [1.29, 1.82) is 0 Å². The fourth-order valence-corrected chi connectivity index (χ4v) is 1.41. The molecular weight excluding hydrogens is 188 g/mol. The Balaban J connectivity index is 2.14. The molecule has 0 spiro atoms. The Morgan fingerprint density at radius 3 is 2.73 bits per heavy atom. The number of rotatable bonds is 3. The largest absolute Gasteiger partial charge is 0.369 e. The first kappa shape index (κ1) is 9.71. The fraction of sp³-hybridized carbons (Fsp3) is 0.273. The maximum Gasteiger partial charge on any atom is 0.200 e. The molecule has 0 bridgehead atoms. The predicted molar refractivity (Wildman–Crippen MR) is 59.4 cm³/mol. The lowest BCUT2D eigenvalue weighted by Crippen LogP contribution is -2.05. The van der Waals surface area contributed by atoms with Gasteiger partial charge in [0, 0.05) is 18.6 Å². The van der Waals surface area contributed by atoms with E-state index < -0.39 is 0 Å². The van der Waals surface area contributed by atoms with Crippen LogP contribution in [0.4, 0.5) is 5.95 Å². The van der Waals surface area contributed by atoms with Crippen LogP contribution in [0, 0.1) is 0 Å². The van der Waals surface area contributed by atoms with Crippen LogP contribution in [0.3, 0.4) is 0 Å². The van der Waals surface area contributed by atoms with Crippen molar-refractivity contribution in [3.05, 3.63) is 42.0 Å². The summed E-state index contributed by atoms with van der Waals surface area (Å²) in [5.41, 5.74) is 7.91. The van der Waals surface area contributed by atoms with Gasteiger partial charge in [-0.15, -0.1) is 0 Å². The molecule has 0 amide bonds. The van der Waals surface area contributed by atoms with Crippen molar-refractivity contribution in [3.8, 4) is 0 Å². The van der Waals surface area contributed by atoms with Crippen molar-refractivity contribution < 1.29 is 0 Å². The van der Waals surface area contributed by atoms with E-state index in [1.165, 1.54) is 5.56 Å². The van der Waals surface area contributed by atoms with E-state index in [9.17, 15) is 0 Å². The van der Waals surface area contributed by atoms with Gasteiger partial charge in [-0.25, -0.2) is 4.98 Å². The van der Waals surface area contributed by atoms with Gasteiger partial charge in [0.25, 0.3) is 0 Å². The molecule has 4 heteroatoms. The van der Waals surface area contributed by atoms with Crippen LogP contribution >= 0.6 is 0 Å². The van der Waals surface area contributed by atoms with Gasteiger partial charge >= 0.3 is 0 Å². The van der Waals surface area contributed by atoms with Crippen LogP contribution < -0.4 is 5.73 Å². The number of nitrogens with two attached hydrogens (primary N) is 1. The van der Waals surface area contributed by atoms with Crippen molar-refractivity contribution in [1.82, 2.24) is 14.5 Å². The van der Waals surface area contributed by atoms with Gasteiger partial charge < -0.3 is 10.3 Å². The number of aromatic nitrogens is 3. The van der Waals surface area contributed by atoms with Crippen LogP contribution in [-0.4, -0.2) is 14.5 Å². The van der Waals surface area contributed by atoms with Crippen LogP contribution in [0.15, 0.2) is 30.7 Å². The maximum atomic E-state index is 5.67. The lowest BCUT2D eigenvalue weighted by atomic mass is 10.2. The highest BCUT2D eigenvalue weighted by molar-refractivity contribution is 5.20. The molecule has 2 N–H and O–H groups in total. The summed E-state index contributed by atoms with van der Waals surface area (Å²) in [5, 5.41) is 0. The first-order valence-electron chi connectivity index (χ1n) is 5.00. The second-order valence-electron chi connectivity index (χ2n) is 3.42. The number of anilines is 1. The third-order valence-electron chi connectivity index (χ3n) is 2.37. The average Bonchev–Trinajstić information content (AvgIpc) is 2.66. The zero-order chi connectivity index (χ0) is 10.7. The van der Waals surface area contributed by atoms with Crippen molar-refractivity contribution in [3.63, 3.8) is 0 Å². The molecule has 0 unspecified atom stereocenters. The molecule has 4 nitrogen and oxygen atoms in total. The average molecular weight is 202 g/mol. The van der Waals surface area contributed by atoms with E-state index in [0.717, 1.165) is 12.1 Å². The van der Waals surface area contributed by atoms with Crippen LogP contribution in [0.2, 0.25) is 0 Å². The minimum absolute atomic E-state index is 0.524. The van der Waals surface area contributed by atoms with Gasteiger partial charge in [0.05, 0.1) is 12.2 Å². The molecule has 0 aromatic carbocycles. The molecule has 78 valence electrons. The molecule has 2 heterocycles. The maximum absolute atomic E-state index is 5.67. The van der Waals surface area contributed by atoms with Gasteiger partial charge in [-0.3, -0.25) is 4.98 Å². The van der Waals surface area contributed by atoms with Gasteiger partial charge in [0.15, 0.2) is 5.95 Å². The van der Waals surface area contributed by atoms with E-state index in [4.69, 9.17) is 5.73 Å². The van der Waals surface area contributed by atoms with Gasteiger partial charge in [0.2, 0.25) is 0 Å². The van der Waals surface area contributed by atoms with Crippen LogP contribution in [0.1, 0.15) is 18.2 Å². The van der Waals surface area contributed by atoms with Gasteiger partial charge in [-0.2, -0.15) is 0 Å². The highest BCUT2D eigenvalue weighted by Gasteiger charge is 2.00. The Kier molecular flexibility index (Phi) is 2.67. The minimum atomic E-state index is 0.524. The molecule has 0 saturated heterocycles. The number of nitrogens with zero attached hydrogens (tertiary/aromatic N) is 3. The molecule has 0 aliphatic rings. The molecule has 0 aliphatic heterocycles. The Morgan fingerprint density at radius 2 is 2.20 bits per heavy atom. The van der Waals surface area contributed by atoms with Crippen molar-refractivity contribution in [2.45, 2.75) is 19.9 Å². The van der Waals surface area contributed by atoms with E-state index >= 15 is 0 Å². The summed E-state index contributed by atoms with van der Waals surface area (Å²) in [4.78, 5) is 8.32. The summed E-state index contributed by atoms with van der Waals surface area (Å²) in [6.07, 6.45) is 6.46. The Labute approximate surface area is 88.8 Å². The smallest absolute Gasteiger partial charge is 0.200 e. The Morgan fingerprint density at radius 1 is 1.33 bits per heavy atom. The molecule has 0 fully saturated rings. The second-order valence-corrected chi connectivity index (χ2v) is 3.42. The van der Waals surface area contributed by atoms with Crippen LogP contribution in [-0.2, 0) is 13.0 Å². The second kappa shape index (κ2) is 4.13. The molecule has 15 heavy (non-hydrogen) atoms. The van der Waals surface area contributed by atoms with Crippen molar-refractivity contribution in [2.75, 3.05) is 5.73 Å². The third-order valence-corrected chi connectivity index (χ3v) is 2.37. The van der Waals surface area contributed by atoms with Gasteiger partial charge in [0.1, 0.15) is 0 Å². The van der Waals surface area contributed by atoms with E-state index in [-0.39, 0.29) is 0 Å². The summed E-state index contributed by atoms with van der Waals surface area (Å²) < 4.78 is 1.87. The summed E-state index contributed by atoms with van der Waals surface area (Å²) >= 11 is 0. The van der Waals surface area contributed by atoms with Crippen molar-refractivity contribution in [2.24, 2.45) is 0 Å². The van der Waals surface area contributed by atoms with E-state index in [2.05, 4.69) is 23.0 Å². The zero-order valence-corrected chi connectivity index (χ0v) is 8.72. The lowest BCUT2D eigenvalue weighted by molar-refractivity contribution is 0.783. The molecule has 2 aromatic heterocycles. The molecule has 2 rings (SSSR count). The first-order valence-corrected chi connectivity index (χ1v) is 5.00. The standard InChI is InChI=1S/C11H14N4/c1-2-9-3-4-10(14-7-9)8-15-6-5-13-11(15)12/h3-7H,2,8H2,1H3,(H2,12,13). The van der Waals surface area contributed by atoms with Gasteiger partial charge in [-0.1, -0.05) is 13.0 Å². The first-order chi connectivity index (χ1) is 7.29. The number of hydrogen-bond acceptors (Lipinski definition) is 3. The molecule has 0 saturated carbocycles. The number of imidazole rings is 1. The lowest BCUT2D eigenvalue weighted by Gasteiger charge is -2.04. The summed E-state index contributed by atoms with van der Waals surface area (Å²) in [6, 6.07) is 4.12. The predicted octanol–water partition coefficient (Wildman–Crippen LogP) is 1.47. The monoisotopic (exact) mass is 202 g/mol. The molecule has 0 radical (unpaired) electrons. The Hall–Kier alpha value is -1.84. The van der Waals surface area contributed by atoms with E-state index in [0.29, 0.717) is 12.5 Å². The highest BCUT2D eigenvalue weighted by Crippen LogP contribution is 2.06. The summed E-state index contributed by atoms with van der Waals surface area (Å²) in [5.74, 6) is 0.524. The number of hydrogen-bond donors (Lipinski definition) is 1. The number of aryl methyl sites for hydroxylation is 1. The number of nitrogen functional groups attached to an aromatic ring is 1. The Bertz CT molecular complexity index is 430.